The van der Waals surface area contributed by atoms with Gasteiger partial charge in [0, 0.05) is 37.9 Å². The number of rotatable bonds is 13. The summed E-state index contributed by atoms with van der Waals surface area (Å²) in [5.41, 5.74) is 11.0. The van der Waals surface area contributed by atoms with Crippen molar-refractivity contribution in [3.63, 3.8) is 0 Å². The quantitative estimate of drug-likeness (QED) is 0.0613. The SMILES string of the molecule is CC[C@H](C)[C@@H]1NC(=O)[C@H](CO)NC(=O)[C@H](CCCCN)NC(=O)[C@H]([C@@H](C)O)NC(=O)[C@@H](NC(C)=O)CSSC[C@@H](C(=O)O)NC(=O)[C@H](CCC(N)=O)NC(=O)[C@@H]2CCCN2C(=O)[C@@H]2CCCN2C1=O. The smallest absolute Gasteiger partial charge is 0.327 e. The van der Waals surface area contributed by atoms with E-state index in [9.17, 15) is 68.1 Å². The van der Waals surface area contributed by atoms with Crippen LogP contribution in [0.1, 0.15) is 91.9 Å². The van der Waals surface area contributed by atoms with Crippen LogP contribution in [0.5, 0.6) is 0 Å². The molecule has 3 fully saturated rings. The Labute approximate surface area is 408 Å². The van der Waals surface area contributed by atoms with Crippen LogP contribution in [0.2, 0.25) is 0 Å². The molecule has 0 unspecified atom stereocenters. The Hall–Kier alpha value is -5.25. The first-order chi connectivity index (χ1) is 32.6. The third-order valence-corrected chi connectivity index (χ3v) is 14.5. The first-order valence-electron chi connectivity index (χ1n) is 23.1. The maximum atomic E-state index is 14.4. The fraction of sp³-hybridized carbons (Fsp3) is 0.738. The number of carboxylic acid groups (broad SMARTS) is 1. The molecule has 11 atom stereocenters. The molecule has 0 aliphatic carbocycles. The van der Waals surface area contributed by atoms with E-state index in [0.29, 0.717) is 32.1 Å². The van der Waals surface area contributed by atoms with E-state index in [1.165, 1.54) is 16.7 Å². The van der Waals surface area contributed by atoms with Crippen molar-refractivity contribution in [1.29, 1.82) is 0 Å². The van der Waals surface area contributed by atoms with E-state index >= 15 is 0 Å². The molecule has 0 aromatic rings. The van der Waals surface area contributed by atoms with Gasteiger partial charge in [-0.15, -0.1) is 0 Å². The highest BCUT2D eigenvalue weighted by Gasteiger charge is 2.45. The molecule has 0 aromatic heterocycles. The molecule has 3 aliphatic heterocycles. The topological polar surface area (TPSA) is 391 Å². The van der Waals surface area contributed by atoms with E-state index in [4.69, 9.17) is 11.5 Å². The Morgan fingerprint density at radius 3 is 1.86 bits per heavy atom. The molecule has 3 aliphatic rings. The number of hydrogen-bond donors (Lipinski definition) is 12. The number of hydrogen-bond acceptors (Lipinski definition) is 16. The average molecular weight is 1020 g/mol. The van der Waals surface area contributed by atoms with E-state index in [0.717, 1.165) is 28.5 Å². The summed E-state index contributed by atoms with van der Waals surface area (Å²) < 4.78 is 0. The van der Waals surface area contributed by atoms with Crippen LogP contribution in [-0.2, 0) is 52.7 Å². The summed E-state index contributed by atoms with van der Waals surface area (Å²) >= 11 is 0. The number of primary amides is 1. The molecule has 3 saturated heterocycles. The van der Waals surface area contributed by atoms with Gasteiger partial charge < -0.3 is 73.8 Å². The largest absolute Gasteiger partial charge is 0.480 e. The highest BCUT2D eigenvalue weighted by Crippen LogP contribution is 2.28. The summed E-state index contributed by atoms with van der Waals surface area (Å²) in [5, 5.41) is 48.3. The van der Waals surface area contributed by atoms with E-state index in [1.54, 1.807) is 13.8 Å². The van der Waals surface area contributed by atoms with Crippen LogP contribution < -0.4 is 48.7 Å². The first-order valence-corrected chi connectivity index (χ1v) is 25.6. The predicted molar refractivity (Wildman–Crippen MR) is 251 cm³/mol. The molecule has 3 rings (SSSR count). The predicted octanol–water partition coefficient (Wildman–Crippen LogP) is -4.32. The zero-order chi connectivity index (χ0) is 51.5. The van der Waals surface area contributed by atoms with Crippen LogP contribution >= 0.6 is 21.6 Å². The number of aliphatic hydroxyl groups is 2. The normalized spacial score (nSPS) is 28.7. The van der Waals surface area contributed by atoms with Gasteiger partial charge >= 0.3 is 5.97 Å². The van der Waals surface area contributed by atoms with E-state index in [1.807, 2.05) is 0 Å². The summed E-state index contributed by atoms with van der Waals surface area (Å²) in [6, 6.07) is -12.6. The Kier molecular flexibility index (Phi) is 23.9. The number of nitrogens with one attached hydrogen (secondary N) is 7. The molecule has 14 N–H and O–H groups in total. The van der Waals surface area contributed by atoms with Crippen molar-refractivity contribution in [1.82, 2.24) is 47.0 Å². The average Bonchev–Trinajstić information content (AvgIpc) is 4.00. The van der Waals surface area contributed by atoms with Gasteiger partial charge in [0.05, 0.1) is 12.7 Å². The van der Waals surface area contributed by atoms with Crippen molar-refractivity contribution < 1.29 is 68.1 Å². The molecule has 3 heterocycles. The number of aliphatic carboxylic acids is 1. The van der Waals surface area contributed by atoms with Gasteiger partial charge in [-0.3, -0.25) is 47.9 Å². The minimum absolute atomic E-state index is 0.0406. The molecule has 0 aromatic carbocycles. The number of carbonyl (C=O) groups is 11. The van der Waals surface area contributed by atoms with E-state index in [2.05, 4.69) is 37.2 Å². The van der Waals surface area contributed by atoms with Gasteiger partial charge in [-0.05, 0) is 70.8 Å². The van der Waals surface area contributed by atoms with Crippen LogP contribution in [0.25, 0.3) is 0 Å². The van der Waals surface area contributed by atoms with Crippen LogP contribution in [0.3, 0.4) is 0 Å². The first kappa shape index (κ1) is 58.1. The molecule has 25 nitrogen and oxygen atoms in total. The number of nitrogens with zero attached hydrogens (tertiary/aromatic N) is 2. The van der Waals surface area contributed by atoms with Crippen molar-refractivity contribution >= 4 is 86.6 Å². The highest BCUT2D eigenvalue weighted by atomic mass is 33.1. The molecular weight excluding hydrogens is 947 g/mol. The number of carboxylic acids is 1. The van der Waals surface area contributed by atoms with Gasteiger partial charge in [0.1, 0.15) is 54.4 Å². The standard InChI is InChI=1S/C42H69N11O14S2/c1-5-21(2)32-41(65)53-17-9-12-30(53)40(64)52-16-8-11-29(52)38(62)46-25(13-14-31(44)57)35(59)49-28(42(66)67)20-69-68-19-27(45-23(4)56)37(61)51-33(22(3)55)39(63)47-24(10-6-7-15-43)34(58)48-26(18-54)36(60)50-32/h21-22,24-30,32-33,54-55H,5-20,43H2,1-4H3,(H2,44,57)(H,45,56)(H,46,62)(H,47,63)(H,48,58)(H,49,59)(H,50,60)(H,51,61)(H,66,67)/t21-,22+,24-,25-,26-,27-,28-,29-,30-,32-,33-/m0/s1. The van der Waals surface area contributed by atoms with Gasteiger partial charge in [0.2, 0.25) is 59.1 Å². The maximum Gasteiger partial charge on any atom is 0.327 e. The molecular formula is C42H69N11O14S2. The van der Waals surface area contributed by atoms with Crippen LogP contribution in [0, 0.1) is 5.92 Å². The lowest BCUT2D eigenvalue weighted by atomic mass is 9.96. The van der Waals surface area contributed by atoms with Crippen molar-refractivity contribution in [3.8, 4) is 0 Å². The van der Waals surface area contributed by atoms with E-state index in [-0.39, 0.29) is 63.2 Å². The van der Waals surface area contributed by atoms with Gasteiger partial charge in [-0.25, -0.2) is 4.79 Å². The zero-order valence-corrected chi connectivity index (χ0v) is 41.0. The molecule has 0 radical (unpaired) electrons. The number of amides is 10. The second-order valence-corrected chi connectivity index (χ2v) is 19.9. The Balaban J connectivity index is 2.07. The van der Waals surface area contributed by atoms with Gasteiger partial charge in [-0.1, -0.05) is 41.9 Å². The molecule has 0 spiro atoms. The Morgan fingerprint density at radius 2 is 1.28 bits per heavy atom. The maximum absolute atomic E-state index is 14.4. The van der Waals surface area contributed by atoms with Crippen molar-refractivity contribution in [2.75, 3.05) is 37.7 Å². The van der Waals surface area contributed by atoms with Gasteiger partial charge in [0.15, 0.2) is 0 Å². The third kappa shape index (κ3) is 17.3. The minimum atomic E-state index is -1.71. The summed E-state index contributed by atoms with van der Waals surface area (Å²) in [6.07, 6.45) is -0.0973. The summed E-state index contributed by atoms with van der Waals surface area (Å²) in [7, 11) is 1.79. The molecule has 0 saturated carbocycles. The number of fused-ring (bicyclic) bond motifs is 2. The van der Waals surface area contributed by atoms with Crippen LogP contribution in [0.15, 0.2) is 0 Å². The highest BCUT2D eigenvalue weighted by molar-refractivity contribution is 8.76. The van der Waals surface area contributed by atoms with Crippen LogP contribution in [0.4, 0.5) is 0 Å². The lowest BCUT2D eigenvalue weighted by Crippen LogP contribution is -2.62. The number of nitrogens with two attached hydrogens (primary N) is 2. The Morgan fingerprint density at radius 1 is 0.725 bits per heavy atom. The summed E-state index contributed by atoms with van der Waals surface area (Å²) in [4.78, 5) is 150. The monoisotopic (exact) mass is 1020 g/mol. The Bertz CT molecular complexity index is 1880. The molecule has 388 valence electrons. The number of carbonyl (C=O) groups excluding carboxylic acids is 10. The number of unbranched alkanes of at least 4 members (excludes halogenated alkanes) is 1. The number of aliphatic hydroxyl groups excluding tert-OH is 2. The van der Waals surface area contributed by atoms with Crippen molar-refractivity contribution in [2.24, 2.45) is 17.4 Å². The van der Waals surface area contributed by atoms with Crippen molar-refractivity contribution in [3.05, 3.63) is 0 Å². The van der Waals surface area contributed by atoms with Gasteiger partial charge in [0.25, 0.3) is 0 Å². The second-order valence-electron chi connectivity index (χ2n) is 17.4. The lowest BCUT2D eigenvalue weighted by Gasteiger charge is -2.35. The molecule has 69 heavy (non-hydrogen) atoms. The lowest BCUT2D eigenvalue weighted by molar-refractivity contribution is -0.149. The summed E-state index contributed by atoms with van der Waals surface area (Å²) in [6.45, 7) is 5.27. The fourth-order valence-corrected chi connectivity index (χ4v) is 10.3. The van der Waals surface area contributed by atoms with Crippen molar-refractivity contribution in [2.45, 2.75) is 152 Å². The zero-order valence-electron chi connectivity index (χ0n) is 39.4. The van der Waals surface area contributed by atoms with E-state index < -0.39 is 138 Å². The van der Waals surface area contributed by atoms with Gasteiger partial charge in [-0.2, -0.15) is 0 Å². The molecule has 0 bridgehead atoms. The fourth-order valence-electron chi connectivity index (χ4n) is 7.98. The molecule has 10 amide bonds. The second kappa shape index (κ2) is 28.4. The molecule has 27 heteroatoms. The van der Waals surface area contributed by atoms with Crippen LogP contribution in [-0.4, -0.2) is 188 Å². The summed E-state index contributed by atoms with van der Waals surface area (Å²) in [5.74, 6) is -10.9. The minimum Gasteiger partial charge on any atom is -0.480 e. The third-order valence-electron chi connectivity index (χ3n) is 12.1.